The molecule has 12 heteroatoms. The molecule has 0 saturated heterocycles. The van der Waals surface area contributed by atoms with Gasteiger partial charge in [0.2, 0.25) is 18.1 Å². The van der Waals surface area contributed by atoms with Gasteiger partial charge in [-0.15, -0.1) is 15.3 Å². The minimum absolute atomic E-state index is 0.146. The van der Waals surface area contributed by atoms with Crippen LogP contribution in [0.3, 0.4) is 0 Å². The highest BCUT2D eigenvalue weighted by Gasteiger charge is 2.29. The first-order valence-electron chi connectivity index (χ1n) is 9.64. The van der Waals surface area contributed by atoms with Crippen LogP contribution in [0.4, 0.5) is 18.9 Å². The summed E-state index contributed by atoms with van der Waals surface area (Å²) in [6, 6.07) is 6.42. The highest BCUT2D eigenvalue weighted by molar-refractivity contribution is 5.62. The van der Waals surface area contributed by atoms with E-state index < -0.39 is 29.2 Å². The van der Waals surface area contributed by atoms with E-state index in [1.165, 1.54) is 11.1 Å². The minimum Gasteiger partial charge on any atom is -0.491 e. The molecule has 0 amide bonds. The minimum atomic E-state index is -1.43. The predicted octanol–water partition coefficient (Wildman–Crippen LogP) is 3.93. The van der Waals surface area contributed by atoms with Crippen molar-refractivity contribution in [2.75, 3.05) is 12.4 Å². The molecule has 0 aliphatic carbocycles. The van der Waals surface area contributed by atoms with E-state index in [0.717, 1.165) is 18.7 Å². The summed E-state index contributed by atoms with van der Waals surface area (Å²) in [4.78, 5) is 0. The monoisotopic (exact) mass is 457 g/mol. The molecule has 0 fully saturated rings. The maximum atomic E-state index is 15.3. The van der Waals surface area contributed by atoms with Gasteiger partial charge in [-0.05, 0) is 41.6 Å². The normalized spacial score (nSPS) is 11.9. The molecule has 4 rings (SSSR count). The standard InChI is InChI=1S/C21H18F3N7O2/c1-11(2)9-31-20(27-29-30-31)18(14-8-15(22)17(24)19(32-3)16(14)23)26-13-6-4-5-12(7-13)21-28-25-10-33-21/h4-8,10,18,26H,1,9H2,2-3H3. The van der Waals surface area contributed by atoms with Gasteiger partial charge in [0.05, 0.1) is 13.7 Å². The van der Waals surface area contributed by atoms with Crippen LogP contribution in [0.5, 0.6) is 5.75 Å². The lowest BCUT2D eigenvalue weighted by Gasteiger charge is -2.22. The van der Waals surface area contributed by atoms with Crippen LogP contribution in [-0.4, -0.2) is 37.5 Å². The van der Waals surface area contributed by atoms with Crippen LogP contribution in [0.15, 0.2) is 53.3 Å². The van der Waals surface area contributed by atoms with E-state index in [1.807, 2.05) is 0 Å². The first-order chi connectivity index (χ1) is 15.9. The number of hydrogen-bond donors (Lipinski definition) is 1. The van der Waals surface area contributed by atoms with Crippen LogP contribution >= 0.6 is 0 Å². The van der Waals surface area contributed by atoms with E-state index in [4.69, 9.17) is 9.15 Å². The molecule has 0 bridgehead atoms. The fourth-order valence-corrected chi connectivity index (χ4v) is 3.26. The lowest BCUT2D eigenvalue weighted by molar-refractivity contribution is 0.343. The quantitative estimate of drug-likeness (QED) is 0.314. The lowest BCUT2D eigenvalue weighted by Crippen LogP contribution is -2.21. The van der Waals surface area contributed by atoms with Crippen molar-refractivity contribution in [2.45, 2.75) is 19.5 Å². The Morgan fingerprint density at radius 1 is 1.21 bits per heavy atom. The number of rotatable bonds is 8. The van der Waals surface area contributed by atoms with Crippen LogP contribution in [0.1, 0.15) is 24.4 Å². The summed E-state index contributed by atoms with van der Waals surface area (Å²) in [5, 5.41) is 22.2. The second-order valence-electron chi connectivity index (χ2n) is 7.16. The molecule has 1 N–H and O–H groups in total. The number of nitrogens with zero attached hydrogens (tertiary/aromatic N) is 6. The second kappa shape index (κ2) is 9.10. The molecule has 2 aromatic carbocycles. The number of aromatic nitrogens is 6. The van der Waals surface area contributed by atoms with Gasteiger partial charge in [-0.3, -0.25) is 0 Å². The smallest absolute Gasteiger partial charge is 0.247 e. The highest BCUT2D eigenvalue weighted by atomic mass is 19.2. The third kappa shape index (κ3) is 4.40. The van der Waals surface area contributed by atoms with Crippen LogP contribution in [0.2, 0.25) is 0 Å². The first kappa shape index (κ1) is 22.0. The zero-order chi connectivity index (χ0) is 23.5. The molecule has 33 heavy (non-hydrogen) atoms. The molecule has 2 heterocycles. The van der Waals surface area contributed by atoms with Crippen LogP contribution in [0, 0.1) is 17.5 Å². The number of halogens is 3. The summed E-state index contributed by atoms with van der Waals surface area (Å²) < 4.78 is 55.1. The molecule has 0 aliphatic rings. The fraction of sp³-hybridized carbons (Fsp3) is 0.190. The highest BCUT2D eigenvalue weighted by Crippen LogP contribution is 2.35. The van der Waals surface area contributed by atoms with E-state index in [0.29, 0.717) is 11.3 Å². The number of tetrazole rings is 1. The van der Waals surface area contributed by atoms with Crippen molar-refractivity contribution in [2.24, 2.45) is 0 Å². The zero-order valence-corrected chi connectivity index (χ0v) is 17.6. The summed E-state index contributed by atoms with van der Waals surface area (Å²) in [6.07, 6.45) is 1.19. The number of benzene rings is 2. The Kier molecular flexibility index (Phi) is 6.07. The number of anilines is 1. The van der Waals surface area contributed by atoms with Gasteiger partial charge in [0.1, 0.15) is 6.04 Å². The molecule has 0 spiro atoms. The van der Waals surface area contributed by atoms with Crippen molar-refractivity contribution in [3.63, 3.8) is 0 Å². The van der Waals surface area contributed by atoms with Gasteiger partial charge in [0, 0.05) is 16.8 Å². The summed E-state index contributed by atoms with van der Waals surface area (Å²) in [6.45, 7) is 5.83. The van der Waals surface area contributed by atoms with Crippen molar-refractivity contribution in [1.82, 2.24) is 30.4 Å². The average Bonchev–Trinajstić information content (AvgIpc) is 3.48. The summed E-state index contributed by atoms with van der Waals surface area (Å²) in [5.74, 6) is -4.25. The Labute approximate surface area is 185 Å². The maximum Gasteiger partial charge on any atom is 0.247 e. The SMILES string of the molecule is C=C(C)Cn1nnnc1C(Nc1cccc(-c2nnco2)c1)c1cc(F)c(F)c(OC)c1F. The number of ether oxygens (including phenoxy) is 1. The predicted molar refractivity (Wildman–Crippen MR) is 111 cm³/mol. The Bertz CT molecular complexity index is 1290. The zero-order valence-electron chi connectivity index (χ0n) is 17.6. The first-order valence-corrected chi connectivity index (χ1v) is 9.64. The van der Waals surface area contributed by atoms with Gasteiger partial charge in [-0.2, -0.15) is 4.39 Å². The van der Waals surface area contributed by atoms with Crippen LogP contribution < -0.4 is 10.1 Å². The Hall–Kier alpha value is -4.22. The van der Waals surface area contributed by atoms with Gasteiger partial charge in [-0.25, -0.2) is 13.5 Å². The van der Waals surface area contributed by atoms with Gasteiger partial charge in [-0.1, -0.05) is 18.2 Å². The third-order valence-corrected chi connectivity index (χ3v) is 4.68. The van der Waals surface area contributed by atoms with Gasteiger partial charge in [0.25, 0.3) is 0 Å². The van der Waals surface area contributed by atoms with E-state index >= 15 is 4.39 Å². The van der Waals surface area contributed by atoms with Crippen molar-refractivity contribution in [1.29, 1.82) is 0 Å². The van der Waals surface area contributed by atoms with E-state index in [9.17, 15) is 8.78 Å². The molecule has 170 valence electrons. The molecule has 1 unspecified atom stereocenters. The lowest BCUT2D eigenvalue weighted by atomic mass is 10.0. The molecule has 0 aliphatic heterocycles. The fourth-order valence-electron chi connectivity index (χ4n) is 3.26. The molecule has 0 saturated carbocycles. The van der Waals surface area contributed by atoms with Crippen molar-refractivity contribution in [3.8, 4) is 17.2 Å². The molecule has 1 atom stereocenters. The van der Waals surface area contributed by atoms with Crippen molar-refractivity contribution >= 4 is 5.69 Å². The number of nitrogens with one attached hydrogen (secondary N) is 1. The summed E-state index contributed by atoms with van der Waals surface area (Å²) >= 11 is 0. The Morgan fingerprint density at radius 2 is 2.03 bits per heavy atom. The third-order valence-electron chi connectivity index (χ3n) is 4.68. The number of methoxy groups -OCH3 is 1. The molecule has 2 aromatic heterocycles. The number of allylic oxidation sites excluding steroid dienone is 1. The molecule has 0 radical (unpaired) electrons. The topological polar surface area (TPSA) is 104 Å². The van der Waals surface area contributed by atoms with Crippen LogP contribution in [-0.2, 0) is 6.54 Å². The van der Waals surface area contributed by atoms with Gasteiger partial charge in [0.15, 0.2) is 23.2 Å². The van der Waals surface area contributed by atoms with E-state index in [-0.39, 0.29) is 23.8 Å². The maximum absolute atomic E-state index is 15.3. The van der Waals surface area contributed by atoms with Gasteiger partial charge < -0.3 is 14.5 Å². The van der Waals surface area contributed by atoms with Gasteiger partial charge >= 0.3 is 0 Å². The second-order valence-corrected chi connectivity index (χ2v) is 7.16. The van der Waals surface area contributed by atoms with Crippen molar-refractivity contribution < 1.29 is 22.3 Å². The molecule has 4 aromatic rings. The van der Waals surface area contributed by atoms with Crippen molar-refractivity contribution in [3.05, 3.63) is 77.7 Å². The number of hydrogen-bond acceptors (Lipinski definition) is 8. The largest absolute Gasteiger partial charge is 0.491 e. The van der Waals surface area contributed by atoms with E-state index in [2.05, 4.69) is 37.6 Å². The molecular formula is C21H18F3N7O2. The molecule has 9 nitrogen and oxygen atoms in total. The summed E-state index contributed by atoms with van der Waals surface area (Å²) in [5.41, 5.74) is 1.53. The van der Waals surface area contributed by atoms with Crippen LogP contribution in [0.25, 0.3) is 11.5 Å². The molecular weight excluding hydrogens is 439 g/mol. The van der Waals surface area contributed by atoms with E-state index in [1.54, 1.807) is 31.2 Å². The summed E-state index contributed by atoms with van der Waals surface area (Å²) in [7, 11) is 1.05. The Morgan fingerprint density at radius 3 is 2.73 bits per heavy atom. The average molecular weight is 457 g/mol. The Balaban J connectivity index is 1.84.